The Morgan fingerprint density at radius 1 is 1.19 bits per heavy atom. The molecule has 2 aromatic heterocycles. The molecule has 0 amide bonds. The first-order valence-electron chi connectivity index (χ1n) is 9.41. The Morgan fingerprint density at radius 3 is 2.88 bits per heavy atom. The monoisotopic (exact) mass is 350 g/mol. The van der Waals surface area contributed by atoms with E-state index in [0.717, 1.165) is 42.2 Å². The smallest absolute Gasteiger partial charge is 0.200 e. The lowest BCUT2D eigenvalue weighted by Crippen LogP contribution is -2.37. The Morgan fingerprint density at radius 2 is 2.04 bits per heavy atom. The van der Waals surface area contributed by atoms with Gasteiger partial charge in [-0.1, -0.05) is 30.3 Å². The van der Waals surface area contributed by atoms with Crippen LogP contribution in [0.3, 0.4) is 0 Å². The van der Waals surface area contributed by atoms with Crippen LogP contribution >= 0.6 is 0 Å². The maximum atomic E-state index is 4.48. The fraction of sp³-hybridized carbons (Fsp3) is 0.450. The maximum absolute atomic E-state index is 4.48. The average Bonchev–Trinajstić information content (AvgIpc) is 3.14. The first-order chi connectivity index (χ1) is 12.7. The van der Waals surface area contributed by atoms with Crippen molar-refractivity contribution in [3.63, 3.8) is 0 Å². The van der Waals surface area contributed by atoms with Gasteiger partial charge in [0.15, 0.2) is 0 Å². The molecule has 0 radical (unpaired) electrons. The Balaban J connectivity index is 1.39. The summed E-state index contributed by atoms with van der Waals surface area (Å²) in [5.41, 5.74) is 5.46. The molecular formula is C20H26N6. The molecule has 1 aliphatic rings. The number of anilines is 1. The third-order valence-corrected chi connectivity index (χ3v) is 5.44. The minimum atomic E-state index is 0.651. The van der Waals surface area contributed by atoms with E-state index in [9.17, 15) is 0 Å². The zero-order valence-corrected chi connectivity index (χ0v) is 15.5. The molecule has 1 saturated heterocycles. The molecular weight excluding hydrogens is 324 g/mol. The van der Waals surface area contributed by atoms with Gasteiger partial charge >= 0.3 is 0 Å². The highest BCUT2D eigenvalue weighted by atomic mass is 15.3. The summed E-state index contributed by atoms with van der Waals surface area (Å²) in [6, 6.07) is 10.9. The lowest BCUT2D eigenvalue weighted by atomic mass is 9.91. The number of piperidine rings is 1. The van der Waals surface area contributed by atoms with E-state index in [2.05, 4.69) is 62.8 Å². The molecule has 1 aliphatic heterocycles. The largest absolute Gasteiger partial charge is 0.380 e. The Labute approximate surface area is 154 Å². The van der Waals surface area contributed by atoms with E-state index in [1.165, 1.54) is 24.9 Å². The molecule has 1 N–H and O–H groups in total. The van der Waals surface area contributed by atoms with Crippen LogP contribution in [0.1, 0.15) is 35.6 Å². The van der Waals surface area contributed by atoms with Gasteiger partial charge in [-0.15, -0.1) is 10.2 Å². The van der Waals surface area contributed by atoms with Crippen LogP contribution in [0.2, 0.25) is 0 Å². The summed E-state index contributed by atoms with van der Waals surface area (Å²) < 4.78 is 1.75. The second-order valence-electron chi connectivity index (χ2n) is 7.16. The van der Waals surface area contributed by atoms with Crippen molar-refractivity contribution in [3.05, 3.63) is 53.5 Å². The van der Waals surface area contributed by atoms with Gasteiger partial charge in [-0.25, -0.2) is 0 Å². The standard InChI is InChI=1S/C20H26N6/c1-15-16(2)24-26-14-22-23-20(26)19(15)21-10-12-25-11-6-9-18(13-25)17-7-4-3-5-8-17/h3-5,7-8,14,18,21H,6,9-13H2,1-2H3. The first-order valence-corrected chi connectivity index (χ1v) is 9.41. The molecule has 4 rings (SSSR count). The van der Waals surface area contributed by atoms with E-state index < -0.39 is 0 Å². The number of benzene rings is 1. The molecule has 0 aliphatic carbocycles. The van der Waals surface area contributed by atoms with Crippen molar-refractivity contribution in [1.29, 1.82) is 0 Å². The number of hydrogen-bond acceptors (Lipinski definition) is 5. The summed E-state index contributed by atoms with van der Waals surface area (Å²) in [6.45, 7) is 8.36. The van der Waals surface area contributed by atoms with E-state index in [1.54, 1.807) is 10.8 Å². The zero-order chi connectivity index (χ0) is 17.9. The zero-order valence-electron chi connectivity index (χ0n) is 15.5. The highest BCUT2D eigenvalue weighted by molar-refractivity contribution is 5.71. The predicted octanol–water partition coefficient (Wildman–Crippen LogP) is 3.03. The summed E-state index contributed by atoms with van der Waals surface area (Å²) in [5.74, 6) is 0.651. The number of hydrogen-bond donors (Lipinski definition) is 1. The number of aryl methyl sites for hydroxylation is 1. The molecule has 0 spiro atoms. The average molecular weight is 350 g/mol. The van der Waals surface area contributed by atoms with E-state index >= 15 is 0 Å². The van der Waals surface area contributed by atoms with Crippen molar-refractivity contribution >= 4 is 11.3 Å². The molecule has 26 heavy (non-hydrogen) atoms. The third-order valence-electron chi connectivity index (χ3n) is 5.44. The number of fused-ring (bicyclic) bond motifs is 1. The van der Waals surface area contributed by atoms with Gasteiger partial charge in [-0.2, -0.15) is 9.61 Å². The van der Waals surface area contributed by atoms with Crippen LogP contribution in [0.4, 0.5) is 5.69 Å². The molecule has 136 valence electrons. The third kappa shape index (κ3) is 3.42. The summed E-state index contributed by atoms with van der Waals surface area (Å²) in [4.78, 5) is 2.57. The number of nitrogens with zero attached hydrogens (tertiary/aromatic N) is 5. The maximum Gasteiger partial charge on any atom is 0.200 e. The number of rotatable bonds is 5. The SMILES string of the molecule is Cc1nn2cnnc2c(NCCN2CCCC(c3ccccc3)C2)c1C. The van der Waals surface area contributed by atoms with Crippen molar-refractivity contribution in [1.82, 2.24) is 24.7 Å². The molecule has 3 aromatic rings. The normalized spacial score (nSPS) is 18.3. The molecule has 1 fully saturated rings. The molecule has 1 atom stereocenters. The van der Waals surface area contributed by atoms with Gasteiger partial charge in [-0.05, 0) is 50.3 Å². The van der Waals surface area contributed by atoms with Gasteiger partial charge in [0.25, 0.3) is 0 Å². The summed E-state index contributed by atoms with van der Waals surface area (Å²) in [6.07, 6.45) is 4.21. The highest BCUT2D eigenvalue weighted by Gasteiger charge is 2.21. The number of nitrogens with one attached hydrogen (secondary N) is 1. The molecule has 3 heterocycles. The van der Waals surface area contributed by atoms with E-state index in [0.29, 0.717) is 5.92 Å². The lowest BCUT2D eigenvalue weighted by Gasteiger charge is -2.33. The van der Waals surface area contributed by atoms with Crippen LogP contribution in [0, 0.1) is 13.8 Å². The summed E-state index contributed by atoms with van der Waals surface area (Å²) in [7, 11) is 0. The minimum Gasteiger partial charge on any atom is -0.380 e. The molecule has 0 saturated carbocycles. The van der Waals surface area contributed by atoms with E-state index in [-0.39, 0.29) is 0 Å². The van der Waals surface area contributed by atoms with E-state index in [4.69, 9.17) is 0 Å². The molecule has 6 heteroatoms. The topological polar surface area (TPSA) is 58.4 Å². The van der Waals surface area contributed by atoms with Crippen molar-refractivity contribution in [2.75, 3.05) is 31.5 Å². The fourth-order valence-electron chi connectivity index (χ4n) is 3.86. The van der Waals surface area contributed by atoms with Crippen LogP contribution in [0.25, 0.3) is 5.65 Å². The van der Waals surface area contributed by atoms with Gasteiger partial charge in [-0.3, -0.25) is 0 Å². The second kappa shape index (κ2) is 7.41. The van der Waals surface area contributed by atoms with Gasteiger partial charge in [0.05, 0.1) is 11.4 Å². The van der Waals surface area contributed by atoms with Gasteiger partial charge in [0, 0.05) is 19.6 Å². The van der Waals surface area contributed by atoms with Gasteiger partial charge < -0.3 is 10.2 Å². The molecule has 6 nitrogen and oxygen atoms in total. The Bertz CT molecular complexity index is 873. The molecule has 1 aromatic carbocycles. The summed E-state index contributed by atoms with van der Waals surface area (Å²) in [5, 5.41) is 16.3. The fourth-order valence-corrected chi connectivity index (χ4v) is 3.86. The molecule has 1 unspecified atom stereocenters. The van der Waals surface area contributed by atoms with E-state index in [1.807, 2.05) is 6.92 Å². The quantitative estimate of drug-likeness (QED) is 0.766. The van der Waals surface area contributed by atoms with Crippen LogP contribution in [-0.2, 0) is 0 Å². The lowest BCUT2D eigenvalue weighted by molar-refractivity contribution is 0.215. The van der Waals surface area contributed by atoms with Crippen molar-refractivity contribution in [2.24, 2.45) is 0 Å². The second-order valence-corrected chi connectivity index (χ2v) is 7.16. The molecule has 0 bridgehead atoms. The van der Waals surface area contributed by atoms with Crippen molar-refractivity contribution in [2.45, 2.75) is 32.6 Å². The van der Waals surface area contributed by atoms with Crippen molar-refractivity contribution < 1.29 is 0 Å². The van der Waals surface area contributed by atoms with Gasteiger partial charge in [0.2, 0.25) is 5.65 Å². The highest BCUT2D eigenvalue weighted by Crippen LogP contribution is 2.26. The first kappa shape index (κ1) is 17.0. The predicted molar refractivity (Wildman–Crippen MR) is 104 cm³/mol. The van der Waals surface area contributed by atoms with Crippen LogP contribution < -0.4 is 5.32 Å². The van der Waals surface area contributed by atoms with Crippen LogP contribution in [0.15, 0.2) is 36.7 Å². The number of likely N-dealkylation sites (tertiary alicyclic amines) is 1. The summed E-state index contributed by atoms with van der Waals surface area (Å²) >= 11 is 0. The minimum absolute atomic E-state index is 0.651. The Hall–Kier alpha value is -2.47. The van der Waals surface area contributed by atoms with Crippen molar-refractivity contribution in [3.8, 4) is 0 Å². The Kier molecular flexibility index (Phi) is 4.84. The van der Waals surface area contributed by atoms with Gasteiger partial charge in [0.1, 0.15) is 6.33 Å². The van der Waals surface area contributed by atoms with Crippen LogP contribution in [0.5, 0.6) is 0 Å². The van der Waals surface area contributed by atoms with Crippen LogP contribution in [-0.4, -0.2) is 50.9 Å². The number of aromatic nitrogens is 4.